The van der Waals surface area contributed by atoms with Gasteiger partial charge in [0.15, 0.2) is 0 Å². The molecule has 0 amide bonds. The minimum atomic E-state index is 0.736. The van der Waals surface area contributed by atoms with Crippen LogP contribution < -0.4 is 4.74 Å². The molecule has 134 valence electrons. The molecule has 1 aromatic carbocycles. The molecule has 8 heteroatoms. The molecule has 4 heterocycles. The van der Waals surface area contributed by atoms with Gasteiger partial charge in [-0.2, -0.15) is 5.10 Å². The highest BCUT2D eigenvalue weighted by Gasteiger charge is 2.20. The number of aryl methyl sites for hydroxylation is 2. The van der Waals surface area contributed by atoms with Crippen LogP contribution in [0.2, 0.25) is 0 Å². The Labute approximate surface area is 153 Å². The van der Waals surface area contributed by atoms with Crippen LogP contribution in [0.25, 0.3) is 44.3 Å². The van der Waals surface area contributed by atoms with E-state index in [4.69, 9.17) is 9.26 Å². The first kappa shape index (κ1) is 15.6. The van der Waals surface area contributed by atoms with Crippen molar-refractivity contribution in [3.63, 3.8) is 0 Å². The average molecular weight is 360 g/mol. The van der Waals surface area contributed by atoms with E-state index in [1.165, 1.54) is 0 Å². The van der Waals surface area contributed by atoms with Gasteiger partial charge in [0.1, 0.15) is 23.5 Å². The molecule has 0 aliphatic rings. The first-order chi connectivity index (χ1) is 13.2. The normalized spacial score (nSPS) is 11.5. The zero-order valence-electron chi connectivity index (χ0n) is 15.0. The number of fused-ring (bicyclic) bond motifs is 3. The number of nitrogens with zero attached hydrogens (tertiary/aromatic N) is 4. The van der Waals surface area contributed by atoms with Crippen molar-refractivity contribution < 1.29 is 9.26 Å². The SMILES string of the molecule is COc1cc2c(cc1-c1c(C)noc1C)[nH]c1ncnc(-c3cn[nH]c3)c12. The van der Waals surface area contributed by atoms with Gasteiger partial charge >= 0.3 is 0 Å². The Hall–Kier alpha value is -3.68. The number of hydrogen-bond donors (Lipinski definition) is 2. The van der Waals surface area contributed by atoms with E-state index in [1.807, 2.05) is 32.2 Å². The maximum absolute atomic E-state index is 5.69. The number of rotatable bonds is 3. The summed E-state index contributed by atoms with van der Waals surface area (Å²) in [6.07, 6.45) is 5.11. The average Bonchev–Trinajstić information content (AvgIpc) is 3.39. The van der Waals surface area contributed by atoms with E-state index in [-0.39, 0.29) is 0 Å². The lowest BCUT2D eigenvalue weighted by molar-refractivity contribution is 0.393. The van der Waals surface area contributed by atoms with E-state index >= 15 is 0 Å². The van der Waals surface area contributed by atoms with Crippen molar-refractivity contribution in [2.75, 3.05) is 7.11 Å². The van der Waals surface area contributed by atoms with Crippen molar-refractivity contribution in [1.29, 1.82) is 0 Å². The lowest BCUT2D eigenvalue weighted by atomic mass is 10.00. The van der Waals surface area contributed by atoms with Gasteiger partial charge in [0.05, 0.1) is 35.6 Å². The highest BCUT2D eigenvalue weighted by Crippen LogP contribution is 2.40. The van der Waals surface area contributed by atoms with Crippen molar-refractivity contribution in [1.82, 2.24) is 30.3 Å². The summed E-state index contributed by atoms with van der Waals surface area (Å²) in [6.45, 7) is 3.82. The fourth-order valence-corrected chi connectivity index (χ4v) is 3.58. The Morgan fingerprint density at radius 3 is 2.74 bits per heavy atom. The zero-order chi connectivity index (χ0) is 18.5. The van der Waals surface area contributed by atoms with Gasteiger partial charge in [-0.1, -0.05) is 5.16 Å². The predicted octanol–water partition coefficient (Wildman–Crippen LogP) is 3.78. The van der Waals surface area contributed by atoms with Gasteiger partial charge in [0, 0.05) is 28.2 Å². The van der Waals surface area contributed by atoms with Crippen LogP contribution in [-0.4, -0.2) is 37.4 Å². The molecule has 8 nitrogen and oxygen atoms in total. The van der Waals surface area contributed by atoms with Crippen LogP contribution in [-0.2, 0) is 0 Å². The van der Waals surface area contributed by atoms with Crippen LogP contribution >= 0.6 is 0 Å². The summed E-state index contributed by atoms with van der Waals surface area (Å²) in [5.41, 5.74) is 6.09. The summed E-state index contributed by atoms with van der Waals surface area (Å²) in [5, 5.41) is 12.8. The molecule has 0 saturated heterocycles. The standard InChI is InChI=1S/C19H16N6O2/c1-9-16(10(2)27-25-9)13-4-14-12(5-15(13)26-3)17-18(11-6-22-23-7-11)20-8-21-19(17)24-14/h4-8H,1-3H3,(H,22,23)(H,20,21,24). The van der Waals surface area contributed by atoms with Crippen LogP contribution in [0.1, 0.15) is 11.5 Å². The second-order valence-corrected chi connectivity index (χ2v) is 6.36. The Kier molecular flexibility index (Phi) is 3.27. The number of aromatic nitrogens is 6. The molecule has 0 aliphatic heterocycles. The summed E-state index contributed by atoms with van der Waals surface area (Å²) in [4.78, 5) is 12.3. The molecule has 5 aromatic rings. The third kappa shape index (κ3) is 2.23. The van der Waals surface area contributed by atoms with Crippen LogP contribution in [0.3, 0.4) is 0 Å². The molecule has 0 aliphatic carbocycles. The second-order valence-electron chi connectivity index (χ2n) is 6.36. The number of hydrogen-bond acceptors (Lipinski definition) is 6. The van der Waals surface area contributed by atoms with Crippen LogP contribution in [0, 0.1) is 13.8 Å². The Balaban J connectivity index is 1.86. The summed E-state index contributed by atoms with van der Waals surface area (Å²) < 4.78 is 11.0. The minimum absolute atomic E-state index is 0.736. The number of aromatic amines is 2. The van der Waals surface area contributed by atoms with Gasteiger partial charge in [-0.3, -0.25) is 5.10 Å². The number of nitrogens with one attached hydrogen (secondary N) is 2. The van der Waals surface area contributed by atoms with Crippen molar-refractivity contribution in [3.05, 3.63) is 42.3 Å². The zero-order valence-corrected chi connectivity index (χ0v) is 15.0. The van der Waals surface area contributed by atoms with Crippen molar-refractivity contribution in [2.45, 2.75) is 13.8 Å². The van der Waals surface area contributed by atoms with Gasteiger partial charge in [0.2, 0.25) is 0 Å². The lowest BCUT2D eigenvalue weighted by Crippen LogP contribution is -1.90. The van der Waals surface area contributed by atoms with E-state index in [9.17, 15) is 0 Å². The van der Waals surface area contributed by atoms with E-state index in [2.05, 4.69) is 30.3 Å². The Morgan fingerprint density at radius 1 is 1.15 bits per heavy atom. The van der Waals surface area contributed by atoms with E-state index in [1.54, 1.807) is 19.6 Å². The maximum Gasteiger partial charge on any atom is 0.142 e. The molecule has 0 bridgehead atoms. The first-order valence-electron chi connectivity index (χ1n) is 8.44. The Bertz CT molecular complexity index is 1260. The largest absolute Gasteiger partial charge is 0.496 e. The maximum atomic E-state index is 5.69. The van der Waals surface area contributed by atoms with Crippen molar-refractivity contribution in [3.8, 4) is 28.1 Å². The predicted molar refractivity (Wildman–Crippen MR) is 100 cm³/mol. The van der Waals surface area contributed by atoms with Crippen LogP contribution in [0.15, 0.2) is 35.4 Å². The summed E-state index contributed by atoms with van der Waals surface area (Å²) in [7, 11) is 1.66. The Morgan fingerprint density at radius 2 is 2.04 bits per heavy atom. The number of methoxy groups -OCH3 is 1. The molecule has 0 atom stereocenters. The molecule has 0 spiro atoms. The highest BCUT2D eigenvalue weighted by atomic mass is 16.5. The molecular weight excluding hydrogens is 344 g/mol. The quantitative estimate of drug-likeness (QED) is 0.507. The highest BCUT2D eigenvalue weighted by molar-refractivity contribution is 6.13. The monoisotopic (exact) mass is 360 g/mol. The fourth-order valence-electron chi connectivity index (χ4n) is 3.58. The third-order valence-electron chi connectivity index (χ3n) is 4.78. The van der Waals surface area contributed by atoms with E-state index < -0.39 is 0 Å². The molecule has 0 fully saturated rings. The van der Waals surface area contributed by atoms with E-state index in [0.717, 1.165) is 61.5 Å². The summed E-state index contributed by atoms with van der Waals surface area (Å²) in [6, 6.07) is 4.05. The van der Waals surface area contributed by atoms with Gasteiger partial charge in [0.25, 0.3) is 0 Å². The number of ether oxygens (including phenoxy) is 1. The van der Waals surface area contributed by atoms with Gasteiger partial charge < -0.3 is 14.2 Å². The topological polar surface area (TPSA) is 106 Å². The molecule has 27 heavy (non-hydrogen) atoms. The lowest BCUT2D eigenvalue weighted by Gasteiger charge is -2.09. The van der Waals surface area contributed by atoms with Gasteiger partial charge in [-0.15, -0.1) is 0 Å². The molecule has 0 unspecified atom stereocenters. The summed E-state index contributed by atoms with van der Waals surface area (Å²) >= 11 is 0. The minimum Gasteiger partial charge on any atom is -0.496 e. The molecule has 0 saturated carbocycles. The molecule has 5 rings (SSSR count). The van der Waals surface area contributed by atoms with Crippen molar-refractivity contribution in [2.24, 2.45) is 0 Å². The van der Waals surface area contributed by atoms with E-state index in [0.29, 0.717) is 0 Å². The molecule has 2 N–H and O–H groups in total. The smallest absolute Gasteiger partial charge is 0.142 e. The second kappa shape index (κ2) is 5.66. The van der Waals surface area contributed by atoms with Gasteiger partial charge in [-0.05, 0) is 26.0 Å². The first-order valence-corrected chi connectivity index (χ1v) is 8.44. The molecule has 4 aromatic heterocycles. The fraction of sp³-hybridized carbons (Fsp3) is 0.158. The summed E-state index contributed by atoms with van der Waals surface area (Å²) in [5.74, 6) is 1.49. The van der Waals surface area contributed by atoms with Gasteiger partial charge in [-0.25, -0.2) is 9.97 Å². The van der Waals surface area contributed by atoms with Crippen LogP contribution in [0.5, 0.6) is 5.75 Å². The van der Waals surface area contributed by atoms with Crippen LogP contribution in [0.4, 0.5) is 0 Å². The number of benzene rings is 1. The number of H-pyrrole nitrogens is 2. The molecular formula is C19H16N6O2. The molecule has 0 radical (unpaired) electrons. The third-order valence-corrected chi connectivity index (χ3v) is 4.78. The van der Waals surface area contributed by atoms with Crippen molar-refractivity contribution >= 4 is 21.9 Å².